The zero-order valence-corrected chi connectivity index (χ0v) is 24.4. The highest BCUT2D eigenvalue weighted by Gasteiger charge is 1.97. The summed E-state index contributed by atoms with van der Waals surface area (Å²) < 4.78 is 63.4. The molecule has 0 unspecified atom stereocenters. The molecule has 14 nitrogen and oxygen atoms in total. The fourth-order valence-corrected chi connectivity index (χ4v) is 2.62. The van der Waals surface area contributed by atoms with E-state index in [0.717, 1.165) is 0 Å². The number of aliphatic hydroxyl groups excluding tert-OH is 1. The second-order valence-electron chi connectivity index (χ2n) is 7.55. The monoisotopic (exact) mass is 608 g/mol. The largest absolute Gasteiger partial charge is 0.451 e. The van der Waals surface area contributed by atoms with Gasteiger partial charge in [0.25, 0.3) is 0 Å². The molecule has 0 bridgehead atoms. The zero-order valence-electron chi connectivity index (χ0n) is 23.6. The summed E-state index contributed by atoms with van der Waals surface area (Å²) in [5, 5.41) is 8.56. The van der Waals surface area contributed by atoms with Crippen molar-refractivity contribution < 1.29 is 66.7 Å². The average molecular weight is 609 g/mol. The smallest absolute Gasteiger partial charge is 0.403 e. The Labute approximate surface area is 242 Å². The van der Waals surface area contributed by atoms with Gasteiger partial charge in [-0.2, -0.15) is 0 Å². The van der Waals surface area contributed by atoms with E-state index in [-0.39, 0.29) is 19.8 Å². The first-order valence-corrected chi connectivity index (χ1v) is 13.9. The van der Waals surface area contributed by atoms with Crippen LogP contribution in [0.3, 0.4) is 0 Å². The Morgan fingerprint density at radius 1 is 0.350 bits per heavy atom. The fraction of sp³-hybridized carbons (Fsp3) is 0.960. The van der Waals surface area contributed by atoms with Crippen LogP contribution in [-0.4, -0.2) is 169 Å². The molecule has 0 heterocycles. The van der Waals surface area contributed by atoms with Crippen LogP contribution in [0.1, 0.15) is 0 Å². The highest BCUT2D eigenvalue weighted by atomic mass is 35.5. The highest BCUT2D eigenvalue weighted by molar-refractivity contribution is 6.61. The van der Waals surface area contributed by atoms with Crippen molar-refractivity contribution in [2.75, 3.05) is 159 Å². The van der Waals surface area contributed by atoms with Crippen LogP contribution in [0.25, 0.3) is 0 Å². The van der Waals surface area contributed by atoms with E-state index in [1.54, 1.807) is 0 Å². The summed E-state index contributed by atoms with van der Waals surface area (Å²) >= 11 is 5.02. The number of aliphatic hydroxyl groups is 1. The van der Waals surface area contributed by atoms with Gasteiger partial charge in [0.2, 0.25) is 0 Å². The second kappa shape index (κ2) is 36.3. The Bertz CT molecular complexity index is 492. The molecule has 0 fully saturated rings. The Hall–Kier alpha value is -0.720. The van der Waals surface area contributed by atoms with Crippen molar-refractivity contribution in [3.8, 4) is 0 Å². The molecular weight excluding hydrogens is 560 g/mol. The van der Waals surface area contributed by atoms with Crippen molar-refractivity contribution in [3.63, 3.8) is 0 Å². The van der Waals surface area contributed by atoms with Gasteiger partial charge in [-0.05, 0) is 0 Å². The molecule has 0 aromatic rings. The lowest BCUT2D eigenvalue weighted by Gasteiger charge is -2.09. The lowest BCUT2D eigenvalue weighted by molar-refractivity contribution is -0.0281. The molecule has 0 aromatic heterocycles. The van der Waals surface area contributed by atoms with Gasteiger partial charge in [-0.1, -0.05) is 0 Å². The number of halogens is 1. The van der Waals surface area contributed by atoms with Crippen LogP contribution in [0.5, 0.6) is 0 Å². The molecule has 0 saturated heterocycles. The number of ether oxygens (including phenoxy) is 12. The molecule has 0 spiro atoms. The number of hydrogen-bond donors (Lipinski definition) is 1. The van der Waals surface area contributed by atoms with E-state index in [1.165, 1.54) is 0 Å². The molecule has 0 atom stereocenters. The Morgan fingerprint density at radius 3 is 0.700 bits per heavy atom. The third-order valence-electron chi connectivity index (χ3n) is 4.40. The molecule has 1 N–H and O–H groups in total. The van der Waals surface area contributed by atoms with Gasteiger partial charge < -0.3 is 61.9 Å². The second-order valence-corrected chi connectivity index (χ2v) is 7.85. The number of carbonyl (C=O) groups excluding carboxylic acids is 1. The zero-order chi connectivity index (χ0) is 29.0. The number of carbonyl (C=O) groups is 1. The van der Waals surface area contributed by atoms with E-state index in [4.69, 9.17) is 68.8 Å². The molecule has 0 aliphatic heterocycles. The topological polar surface area (TPSA) is 148 Å². The van der Waals surface area contributed by atoms with Crippen molar-refractivity contribution in [3.05, 3.63) is 0 Å². The fourth-order valence-electron chi connectivity index (χ4n) is 2.55. The summed E-state index contributed by atoms with van der Waals surface area (Å²) in [7, 11) is 0. The van der Waals surface area contributed by atoms with Crippen molar-refractivity contribution >= 4 is 17.0 Å². The number of hydrogen-bond acceptors (Lipinski definition) is 14. The first kappa shape index (κ1) is 39.3. The predicted octanol–water partition coefficient (Wildman–Crippen LogP) is 0.537. The SMILES string of the molecule is O=C(Cl)OCCOCCOCCOCCOCCOCCOCCOCCOCCOCCOCCOCCO. The molecule has 0 amide bonds. The van der Waals surface area contributed by atoms with Crippen molar-refractivity contribution in [2.45, 2.75) is 0 Å². The Balaban J connectivity index is 3.03. The van der Waals surface area contributed by atoms with E-state index < -0.39 is 5.43 Å². The Kier molecular flexibility index (Phi) is 35.7. The average Bonchev–Trinajstić information content (AvgIpc) is 2.95. The molecule has 0 aliphatic rings. The van der Waals surface area contributed by atoms with Gasteiger partial charge in [-0.25, -0.2) is 4.79 Å². The molecule has 0 radical (unpaired) electrons. The van der Waals surface area contributed by atoms with Gasteiger partial charge in [-0.3, -0.25) is 0 Å². The first-order valence-electron chi connectivity index (χ1n) is 13.6. The highest BCUT2D eigenvalue weighted by Crippen LogP contribution is 1.88. The standard InChI is InChI=1S/C25H49ClO14/c26-25(28)40-24-23-39-22-21-38-20-19-37-18-17-36-16-15-35-14-13-34-12-11-33-10-9-32-8-7-31-6-5-30-4-3-29-2-1-27/h27H,1-24H2. The summed E-state index contributed by atoms with van der Waals surface area (Å²) in [6.45, 7) is 10.4. The molecule has 240 valence electrons. The lowest BCUT2D eigenvalue weighted by Crippen LogP contribution is -2.15. The molecule has 0 aliphatic carbocycles. The minimum absolute atomic E-state index is 0.0215. The van der Waals surface area contributed by atoms with Gasteiger partial charge in [0.1, 0.15) is 6.61 Å². The summed E-state index contributed by atoms with van der Waals surface area (Å²) in [6.07, 6.45) is 0. The predicted molar refractivity (Wildman–Crippen MR) is 143 cm³/mol. The summed E-state index contributed by atoms with van der Waals surface area (Å²) in [5.41, 5.74) is -0.840. The van der Waals surface area contributed by atoms with E-state index in [1.807, 2.05) is 0 Å². The maximum atomic E-state index is 10.3. The van der Waals surface area contributed by atoms with Crippen LogP contribution >= 0.6 is 11.6 Å². The lowest BCUT2D eigenvalue weighted by atomic mass is 10.6. The minimum Gasteiger partial charge on any atom is -0.451 e. The van der Waals surface area contributed by atoms with Gasteiger partial charge in [-0.15, -0.1) is 0 Å². The molecule has 0 saturated carbocycles. The van der Waals surface area contributed by atoms with Gasteiger partial charge in [0.15, 0.2) is 0 Å². The minimum atomic E-state index is -0.840. The van der Waals surface area contributed by atoms with Crippen LogP contribution in [0.2, 0.25) is 0 Å². The third-order valence-corrected chi connectivity index (χ3v) is 4.51. The van der Waals surface area contributed by atoms with Crippen molar-refractivity contribution in [1.29, 1.82) is 0 Å². The van der Waals surface area contributed by atoms with Gasteiger partial charge in [0, 0.05) is 11.6 Å². The van der Waals surface area contributed by atoms with Crippen molar-refractivity contribution in [1.82, 2.24) is 0 Å². The van der Waals surface area contributed by atoms with Crippen molar-refractivity contribution in [2.24, 2.45) is 0 Å². The van der Waals surface area contributed by atoms with E-state index in [2.05, 4.69) is 4.74 Å². The molecule has 0 aromatic carbocycles. The third kappa shape index (κ3) is 37.3. The maximum absolute atomic E-state index is 10.3. The maximum Gasteiger partial charge on any atom is 0.403 e. The van der Waals surface area contributed by atoms with Crippen LogP contribution in [0.15, 0.2) is 0 Å². The van der Waals surface area contributed by atoms with E-state index >= 15 is 0 Å². The Morgan fingerprint density at radius 2 is 0.525 bits per heavy atom. The summed E-state index contributed by atoms with van der Waals surface area (Å²) in [6, 6.07) is 0. The first-order chi connectivity index (χ1) is 19.8. The normalized spacial score (nSPS) is 11.3. The molecule has 40 heavy (non-hydrogen) atoms. The van der Waals surface area contributed by atoms with Crippen LogP contribution in [0.4, 0.5) is 4.79 Å². The molecule has 15 heteroatoms. The summed E-state index contributed by atoms with van der Waals surface area (Å²) in [5.74, 6) is 0. The molecular formula is C25H49ClO14. The number of rotatable bonds is 35. The van der Waals surface area contributed by atoms with Crippen LogP contribution in [0, 0.1) is 0 Å². The summed E-state index contributed by atoms with van der Waals surface area (Å²) in [4.78, 5) is 10.3. The van der Waals surface area contributed by atoms with E-state index in [0.29, 0.717) is 139 Å². The van der Waals surface area contributed by atoms with Gasteiger partial charge in [0.05, 0.1) is 152 Å². The quantitative estimate of drug-likeness (QED) is 0.0787. The van der Waals surface area contributed by atoms with Crippen LogP contribution in [-0.2, 0) is 56.8 Å². The molecule has 0 rings (SSSR count). The van der Waals surface area contributed by atoms with E-state index in [9.17, 15) is 4.79 Å². The van der Waals surface area contributed by atoms with Crippen LogP contribution < -0.4 is 0 Å². The van der Waals surface area contributed by atoms with Gasteiger partial charge >= 0.3 is 5.43 Å².